The van der Waals surface area contributed by atoms with E-state index in [1.54, 1.807) is 29.5 Å². The lowest BCUT2D eigenvalue weighted by Crippen LogP contribution is -2.12. The summed E-state index contributed by atoms with van der Waals surface area (Å²) in [6, 6.07) is 16.8. The average molecular weight is 388 g/mol. The molecule has 0 unspecified atom stereocenters. The molecule has 0 atom stereocenters. The number of aromatic nitrogens is 3. The molecule has 0 spiro atoms. The number of rotatable bonds is 4. The van der Waals surface area contributed by atoms with Gasteiger partial charge in [0.15, 0.2) is 5.76 Å². The van der Waals surface area contributed by atoms with Gasteiger partial charge in [0.1, 0.15) is 0 Å². The maximum atomic E-state index is 12.6. The zero-order valence-electron chi connectivity index (χ0n) is 14.3. The van der Waals surface area contributed by atoms with Gasteiger partial charge in [-0.15, -0.1) is 16.4 Å². The number of benzene rings is 2. The Morgan fingerprint density at radius 2 is 1.93 bits per heavy atom. The van der Waals surface area contributed by atoms with E-state index in [4.69, 9.17) is 8.83 Å². The van der Waals surface area contributed by atoms with E-state index in [9.17, 15) is 4.79 Å². The minimum atomic E-state index is -0.341. The van der Waals surface area contributed by atoms with Crippen molar-refractivity contribution in [1.82, 2.24) is 15.2 Å². The van der Waals surface area contributed by atoms with Crippen molar-refractivity contribution >= 4 is 33.5 Å². The van der Waals surface area contributed by atoms with Crippen LogP contribution in [0.1, 0.15) is 10.4 Å². The van der Waals surface area contributed by atoms with Gasteiger partial charge < -0.3 is 8.83 Å². The molecule has 0 saturated heterocycles. The molecule has 0 aliphatic heterocycles. The Kier molecular flexibility index (Phi) is 3.95. The van der Waals surface area contributed by atoms with Crippen LogP contribution in [0.4, 0.5) is 6.01 Å². The molecule has 0 bridgehead atoms. The third-order valence-corrected chi connectivity index (χ3v) is 4.98. The van der Waals surface area contributed by atoms with Crippen molar-refractivity contribution in [2.75, 3.05) is 5.32 Å². The number of hydrogen-bond donors (Lipinski definition) is 1. The number of hydrogen-bond acceptors (Lipinski definition) is 7. The fraction of sp³-hybridized carbons (Fsp3) is 0. The highest BCUT2D eigenvalue weighted by atomic mass is 32.1. The van der Waals surface area contributed by atoms with Gasteiger partial charge in [-0.3, -0.25) is 10.1 Å². The Bertz CT molecular complexity index is 1270. The number of carbonyl (C=O) groups excluding carboxylic acids is 1. The van der Waals surface area contributed by atoms with Crippen LogP contribution < -0.4 is 5.32 Å². The zero-order valence-corrected chi connectivity index (χ0v) is 15.1. The van der Waals surface area contributed by atoms with Crippen molar-refractivity contribution < 1.29 is 13.6 Å². The molecule has 1 amide bonds. The fourth-order valence-corrected chi connectivity index (χ4v) is 3.48. The monoisotopic (exact) mass is 388 g/mol. The summed E-state index contributed by atoms with van der Waals surface area (Å²) in [6.07, 6.45) is 1.51. The molecule has 8 heteroatoms. The molecule has 136 valence electrons. The lowest BCUT2D eigenvalue weighted by atomic mass is 10.0. The Balaban J connectivity index is 1.39. The molecule has 7 nitrogen and oxygen atoms in total. The minimum Gasteiger partial charge on any atom is -0.459 e. The van der Waals surface area contributed by atoms with Gasteiger partial charge in [0.05, 0.1) is 22.0 Å². The molecule has 3 heterocycles. The number of amides is 1. The van der Waals surface area contributed by atoms with Crippen LogP contribution in [0.2, 0.25) is 0 Å². The van der Waals surface area contributed by atoms with Gasteiger partial charge in [-0.1, -0.05) is 23.3 Å². The van der Waals surface area contributed by atoms with Gasteiger partial charge in [-0.2, -0.15) is 0 Å². The highest BCUT2D eigenvalue weighted by Crippen LogP contribution is 2.27. The topological polar surface area (TPSA) is 94.1 Å². The summed E-state index contributed by atoms with van der Waals surface area (Å²) < 4.78 is 11.7. The van der Waals surface area contributed by atoms with Crippen LogP contribution in [0.5, 0.6) is 0 Å². The number of furan rings is 1. The molecule has 0 fully saturated rings. The standard InChI is InChI=1S/C20H12N4O3S/c25-18(22-20-24-23-19(27-20)16-5-2-8-26-16)14-4-1-3-12(9-14)13-6-7-17-15(10-13)21-11-28-17/h1-11H,(H,22,24,25). The lowest BCUT2D eigenvalue weighted by Gasteiger charge is -2.05. The Morgan fingerprint density at radius 1 is 1.00 bits per heavy atom. The third-order valence-electron chi connectivity index (χ3n) is 4.17. The lowest BCUT2D eigenvalue weighted by molar-refractivity contribution is 0.102. The van der Waals surface area contributed by atoms with Gasteiger partial charge in [0.25, 0.3) is 11.8 Å². The molecule has 0 aliphatic rings. The molecule has 1 N–H and O–H groups in total. The maximum absolute atomic E-state index is 12.6. The highest BCUT2D eigenvalue weighted by molar-refractivity contribution is 7.16. The molecule has 3 aromatic heterocycles. The van der Waals surface area contributed by atoms with E-state index in [0.29, 0.717) is 11.3 Å². The summed E-state index contributed by atoms with van der Waals surface area (Å²) in [4.78, 5) is 16.9. The SMILES string of the molecule is O=C(Nc1nnc(-c2ccco2)o1)c1cccc(-c2ccc3scnc3c2)c1. The minimum absolute atomic E-state index is 0.00527. The molecular weight excluding hydrogens is 376 g/mol. The molecule has 28 heavy (non-hydrogen) atoms. The quantitative estimate of drug-likeness (QED) is 0.472. The Labute approximate surface area is 162 Å². The molecule has 0 aliphatic carbocycles. The second-order valence-electron chi connectivity index (χ2n) is 5.96. The average Bonchev–Trinajstić information content (AvgIpc) is 3.48. The maximum Gasteiger partial charge on any atom is 0.322 e. The van der Waals surface area contributed by atoms with Gasteiger partial charge in [0, 0.05) is 5.56 Å². The van der Waals surface area contributed by atoms with Crippen LogP contribution in [0.25, 0.3) is 33.0 Å². The van der Waals surface area contributed by atoms with Crippen molar-refractivity contribution in [2.24, 2.45) is 0 Å². The van der Waals surface area contributed by atoms with Crippen LogP contribution >= 0.6 is 11.3 Å². The van der Waals surface area contributed by atoms with Crippen LogP contribution in [0, 0.1) is 0 Å². The summed E-state index contributed by atoms with van der Waals surface area (Å²) in [5.74, 6) is 0.296. The van der Waals surface area contributed by atoms with E-state index < -0.39 is 0 Å². The van der Waals surface area contributed by atoms with Crippen LogP contribution in [0.15, 0.2) is 75.2 Å². The van der Waals surface area contributed by atoms with E-state index in [0.717, 1.165) is 21.3 Å². The van der Waals surface area contributed by atoms with Gasteiger partial charge in [0.2, 0.25) is 0 Å². The first kappa shape index (κ1) is 16.4. The molecule has 0 saturated carbocycles. The van der Waals surface area contributed by atoms with Crippen LogP contribution in [-0.4, -0.2) is 21.1 Å². The first-order valence-electron chi connectivity index (χ1n) is 8.39. The second kappa shape index (κ2) is 6.75. The summed E-state index contributed by atoms with van der Waals surface area (Å²) >= 11 is 1.60. The van der Waals surface area contributed by atoms with E-state index in [1.807, 2.05) is 41.9 Å². The number of nitrogens with one attached hydrogen (secondary N) is 1. The van der Waals surface area contributed by atoms with E-state index in [2.05, 4.69) is 20.5 Å². The predicted octanol–water partition coefficient (Wildman–Crippen LogP) is 4.86. The van der Waals surface area contributed by atoms with Crippen molar-refractivity contribution in [3.63, 3.8) is 0 Å². The number of nitrogens with zero attached hydrogens (tertiary/aromatic N) is 3. The van der Waals surface area contributed by atoms with Crippen molar-refractivity contribution in [3.8, 4) is 22.8 Å². The van der Waals surface area contributed by atoms with Crippen molar-refractivity contribution in [3.05, 3.63) is 71.9 Å². The smallest absolute Gasteiger partial charge is 0.322 e. The van der Waals surface area contributed by atoms with Crippen LogP contribution in [0.3, 0.4) is 0 Å². The largest absolute Gasteiger partial charge is 0.459 e. The molecule has 5 rings (SSSR count). The van der Waals surface area contributed by atoms with E-state index in [-0.39, 0.29) is 17.8 Å². The molecular formula is C20H12N4O3S. The predicted molar refractivity (Wildman–Crippen MR) is 105 cm³/mol. The Hall–Kier alpha value is -3.78. The summed E-state index contributed by atoms with van der Waals surface area (Å²) in [7, 11) is 0. The van der Waals surface area contributed by atoms with Crippen molar-refractivity contribution in [2.45, 2.75) is 0 Å². The molecule has 2 aromatic carbocycles. The highest BCUT2D eigenvalue weighted by Gasteiger charge is 2.15. The molecule has 0 radical (unpaired) electrons. The van der Waals surface area contributed by atoms with E-state index >= 15 is 0 Å². The normalized spacial score (nSPS) is 11.0. The summed E-state index contributed by atoms with van der Waals surface area (Å²) in [6.45, 7) is 0. The van der Waals surface area contributed by atoms with E-state index in [1.165, 1.54) is 6.26 Å². The summed E-state index contributed by atoms with van der Waals surface area (Å²) in [5.41, 5.74) is 5.15. The zero-order chi connectivity index (χ0) is 18.9. The second-order valence-corrected chi connectivity index (χ2v) is 6.85. The van der Waals surface area contributed by atoms with Crippen LogP contribution in [-0.2, 0) is 0 Å². The van der Waals surface area contributed by atoms with Crippen molar-refractivity contribution in [1.29, 1.82) is 0 Å². The first-order chi connectivity index (χ1) is 13.8. The van der Waals surface area contributed by atoms with Gasteiger partial charge in [-0.05, 0) is 47.5 Å². The fourth-order valence-electron chi connectivity index (χ4n) is 2.82. The number of carbonyl (C=O) groups is 1. The van der Waals surface area contributed by atoms with Gasteiger partial charge >= 0.3 is 6.01 Å². The number of anilines is 1. The molecule has 5 aromatic rings. The first-order valence-corrected chi connectivity index (χ1v) is 9.27. The summed E-state index contributed by atoms with van der Waals surface area (Å²) in [5, 5.41) is 10.3. The third kappa shape index (κ3) is 3.06. The number of fused-ring (bicyclic) bond motifs is 1. The number of thiazole rings is 1. The Morgan fingerprint density at radius 3 is 2.82 bits per heavy atom. The van der Waals surface area contributed by atoms with Gasteiger partial charge in [-0.25, -0.2) is 4.98 Å².